The summed E-state index contributed by atoms with van der Waals surface area (Å²) in [6.45, 7) is 2.06. The molecule has 4 rings (SSSR count). The molecule has 1 aromatic carbocycles. The van der Waals surface area contributed by atoms with E-state index in [1.807, 2.05) is 6.07 Å². The molecule has 0 aromatic heterocycles. The van der Waals surface area contributed by atoms with Gasteiger partial charge < -0.3 is 10.2 Å². The Morgan fingerprint density at radius 1 is 1.04 bits per heavy atom. The monoisotopic (exact) mass is 345 g/mol. The van der Waals surface area contributed by atoms with Crippen molar-refractivity contribution in [2.24, 2.45) is 0 Å². The fraction of sp³-hybridized carbons (Fsp3) is 0.500. The third-order valence-corrected chi connectivity index (χ3v) is 5.40. The molecule has 2 N–H and O–H groups in total. The Morgan fingerprint density at radius 3 is 2.40 bits per heavy atom. The van der Waals surface area contributed by atoms with Crippen LogP contribution in [0.2, 0.25) is 0 Å². The number of fused-ring (bicyclic) bond motifs is 1. The number of nitrogens with one attached hydrogen (secondary N) is 2. The highest BCUT2D eigenvalue weighted by Crippen LogP contribution is 2.34. The summed E-state index contributed by atoms with van der Waals surface area (Å²) in [6, 6.07) is 2.69. The van der Waals surface area contributed by atoms with E-state index in [4.69, 9.17) is 0 Å². The van der Waals surface area contributed by atoms with Crippen molar-refractivity contribution < 1.29 is 18.8 Å². The van der Waals surface area contributed by atoms with Crippen molar-refractivity contribution in [3.63, 3.8) is 0 Å². The molecule has 1 aromatic rings. The number of amides is 3. The van der Waals surface area contributed by atoms with Crippen LogP contribution in [0.1, 0.15) is 53.1 Å². The fourth-order valence-electron chi connectivity index (χ4n) is 4.10. The van der Waals surface area contributed by atoms with E-state index in [1.54, 1.807) is 0 Å². The predicted molar refractivity (Wildman–Crippen MR) is 87.3 cm³/mol. The second-order valence-corrected chi connectivity index (χ2v) is 7.02. The first kappa shape index (κ1) is 16.2. The summed E-state index contributed by atoms with van der Waals surface area (Å²) in [5, 5.41) is 5.52. The number of halogens is 1. The molecule has 6 nitrogen and oxygen atoms in total. The molecule has 0 saturated carbocycles. The summed E-state index contributed by atoms with van der Waals surface area (Å²) in [5.41, 5.74) is 1.82. The van der Waals surface area contributed by atoms with E-state index in [0.29, 0.717) is 17.7 Å². The summed E-state index contributed by atoms with van der Waals surface area (Å²) in [4.78, 5) is 37.4. The molecule has 3 heterocycles. The molecule has 0 radical (unpaired) electrons. The van der Waals surface area contributed by atoms with Crippen molar-refractivity contribution >= 4 is 17.7 Å². The van der Waals surface area contributed by atoms with Crippen LogP contribution in [0, 0.1) is 5.82 Å². The van der Waals surface area contributed by atoms with Gasteiger partial charge in [0, 0.05) is 31.0 Å². The SMILES string of the molecule is O=C1CC(N2Cc3cc(C4CCNCC4)c(F)cc3C2=O)CC(=O)N1. The topological polar surface area (TPSA) is 78.5 Å². The van der Waals surface area contributed by atoms with Crippen LogP contribution in [0.5, 0.6) is 0 Å². The molecular weight excluding hydrogens is 325 g/mol. The van der Waals surface area contributed by atoms with Crippen LogP contribution in [0.15, 0.2) is 12.1 Å². The minimum Gasteiger partial charge on any atom is -0.330 e. The Labute approximate surface area is 144 Å². The van der Waals surface area contributed by atoms with E-state index in [1.165, 1.54) is 11.0 Å². The number of nitrogens with zero attached hydrogens (tertiary/aromatic N) is 1. The van der Waals surface area contributed by atoms with Crippen LogP contribution in [0.3, 0.4) is 0 Å². The van der Waals surface area contributed by atoms with E-state index >= 15 is 0 Å². The number of carbonyl (C=O) groups is 3. The molecule has 0 atom stereocenters. The van der Waals surface area contributed by atoms with Crippen molar-refractivity contribution in [1.29, 1.82) is 0 Å². The Bertz CT molecular complexity index is 742. The summed E-state index contributed by atoms with van der Waals surface area (Å²) in [7, 11) is 0. The highest BCUT2D eigenvalue weighted by molar-refractivity contribution is 6.02. The van der Waals surface area contributed by atoms with Crippen molar-refractivity contribution in [3.8, 4) is 0 Å². The molecule has 132 valence electrons. The summed E-state index contributed by atoms with van der Waals surface area (Å²) < 4.78 is 14.6. The summed E-state index contributed by atoms with van der Waals surface area (Å²) in [6.07, 6.45) is 1.97. The minimum atomic E-state index is -0.452. The minimum absolute atomic E-state index is 0.106. The average molecular weight is 345 g/mol. The van der Waals surface area contributed by atoms with E-state index < -0.39 is 6.04 Å². The van der Waals surface area contributed by atoms with Crippen LogP contribution in [-0.2, 0) is 16.1 Å². The lowest BCUT2D eigenvalue weighted by atomic mass is 9.88. The molecule has 3 aliphatic heterocycles. The van der Waals surface area contributed by atoms with Gasteiger partial charge >= 0.3 is 0 Å². The largest absolute Gasteiger partial charge is 0.330 e. The van der Waals surface area contributed by atoms with Gasteiger partial charge in [0.05, 0.1) is 0 Å². The zero-order chi connectivity index (χ0) is 17.6. The van der Waals surface area contributed by atoms with Gasteiger partial charge in [-0.1, -0.05) is 6.07 Å². The Balaban J connectivity index is 1.60. The zero-order valence-corrected chi connectivity index (χ0v) is 13.8. The maximum absolute atomic E-state index is 14.6. The van der Waals surface area contributed by atoms with Gasteiger partial charge in [0.15, 0.2) is 0 Å². The van der Waals surface area contributed by atoms with Gasteiger partial charge in [-0.3, -0.25) is 19.7 Å². The van der Waals surface area contributed by atoms with E-state index in [-0.39, 0.29) is 42.3 Å². The third kappa shape index (κ3) is 2.93. The molecule has 2 saturated heterocycles. The summed E-state index contributed by atoms with van der Waals surface area (Å²) >= 11 is 0. The number of hydrogen-bond donors (Lipinski definition) is 2. The van der Waals surface area contributed by atoms with Crippen LogP contribution >= 0.6 is 0 Å². The Kier molecular flexibility index (Phi) is 4.03. The highest BCUT2D eigenvalue weighted by Gasteiger charge is 2.38. The van der Waals surface area contributed by atoms with E-state index in [2.05, 4.69) is 10.6 Å². The van der Waals surface area contributed by atoms with Gasteiger partial charge in [-0.15, -0.1) is 0 Å². The second kappa shape index (κ2) is 6.22. The lowest BCUT2D eigenvalue weighted by molar-refractivity contribution is -0.135. The number of imide groups is 1. The number of piperidine rings is 2. The molecule has 0 unspecified atom stereocenters. The maximum atomic E-state index is 14.6. The maximum Gasteiger partial charge on any atom is 0.254 e. The lowest BCUT2D eigenvalue weighted by Gasteiger charge is -2.29. The Hall–Kier alpha value is -2.28. The fourth-order valence-corrected chi connectivity index (χ4v) is 4.10. The van der Waals surface area contributed by atoms with Crippen molar-refractivity contribution in [2.45, 2.75) is 44.2 Å². The second-order valence-electron chi connectivity index (χ2n) is 7.02. The molecule has 25 heavy (non-hydrogen) atoms. The first-order chi connectivity index (χ1) is 12.0. The molecule has 0 bridgehead atoms. The van der Waals surface area contributed by atoms with E-state index in [9.17, 15) is 18.8 Å². The van der Waals surface area contributed by atoms with E-state index in [0.717, 1.165) is 31.5 Å². The normalized spacial score (nSPS) is 22.3. The lowest BCUT2D eigenvalue weighted by Crippen LogP contribution is -2.48. The smallest absolute Gasteiger partial charge is 0.254 e. The first-order valence-electron chi connectivity index (χ1n) is 8.69. The van der Waals surface area contributed by atoms with Crippen molar-refractivity contribution in [1.82, 2.24) is 15.5 Å². The number of rotatable bonds is 2. The van der Waals surface area contributed by atoms with Gasteiger partial charge in [-0.25, -0.2) is 4.39 Å². The molecule has 0 aliphatic carbocycles. The zero-order valence-electron chi connectivity index (χ0n) is 13.8. The Morgan fingerprint density at radius 2 is 1.72 bits per heavy atom. The molecule has 2 fully saturated rings. The number of benzene rings is 1. The van der Waals surface area contributed by atoms with Gasteiger partial charge in [-0.05, 0) is 49.0 Å². The van der Waals surface area contributed by atoms with Gasteiger partial charge in [0.25, 0.3) is 5.91 Å². The molecular formula is C18H20FN3O3. The van der Waals surface area contributed by atoms with Crippen molar-refractivity contribution in [2.75, 3.05) is 13.1 Å². The van der Waals surface area contributed by atoms with Crippen LogP contribution < -0.4 is 10.6 Å². The molecule has 7 heteroatoms. The van der Waals surface area contributed by atoms with Gasteiger partial charge in [0.2, 0.25) is 11.8 Å². The number of carbonyl (C=O) groups excluding carboxylic acids is 3. The predicted octanol–water partition coefficient (Wildman–Crippen LogP) is 1.05. The summed E-state index contributed by atoms with van der Waals surface area (Å²) in [5.74, 6) is -1.20. The number of hydrogen-bond acceptors (Lipinski definition) is 4. The van der Waals surface area contributed by atoms with Crippen molar-refractivity contribution in [3.05, 3.63) is 34.6 Å². The van der Waals surface area contributed by atoms with Crippen LogP contribution in [-0.4, -0.2) is 41.8 Å². The third-order valence-electron chi connectivity index (χ3n) is 5.40. The standard InChI is InChI=1S/C18H20FN3O3/c19-15-8-14-11(5-13(15)10-1-3-20-4-2-10)9-22(18(14)25)12-6-16(23)21-17(24)7-12/h5,8,10,12,20H,1-4,6-7,9H2,(H,21,23,24). The molecule has 3 amide bonds. The first-order valence-corrected chi connectivity index (χ1v) is 8.69. The van der Waals surface area contributed by atoms with Gasteiger partial charge in [0.1, 0.15) is 5.82 Å². The van der Waals surface area contributed by atoms with Crippen LogP contribution in [0.4, 0.5) is 4.39 Å². The highest BCUT2D eigenvalue weighted by atomic mass is 19.1. The average Bonchev–Trinajstić information content (AvgIpc) is 2.90. The quantitative estimate of drug-likeness (QED) is 0.786. The van der Waals surface area contributed by atoms with Gasteiger partial charge in [-0.2, -0.15) is 0 Å². The molecule has 0 spiro atoms. The molecule has 3 aliphatic rings. The van der Waals surface area contributed by atoms with Crippen LogP contribution in [0.25, 0.3) is 0 Å².